The Bertz CT molecular complexity index is 275. The lowest BCUT2D eigenvalue weighted by Gasteiger charge is -2.00. The number of rotatable bonds is 2. The standard InChI is InChI=1S/C9H8NO/c1-8-3-2-4-9(7-8)11-6-5-10/h2,4,7H,6H2,1H3. The SMILES string of the molecule is Cc1[c]ccc(OCC#N)c1. The summed E-state index contributed by atoms with van der Waals surface area (Å²) < 4.78 is 5.05. The fraction of sp³-hybridized carbons (Fsp3) is 0.222. The van der Waals surface area contributed by atoms with Crippen LogP contribution >= 0.6 is 0 Å². The monoisotopic (exact) mass is 146 g/mol. The normalized spacial score (nSPS) is 8.73. The van der Waals surface area contributed by atoms with Crippen molar-refractivity contribution in [1.82, 2.24) is 0 Å². The van der Waals surface area contributed by atoms with Crippen molar-refractivity contribution in [2.45, 2.75) is 6.92 Å². The first kappa shape index (κ1) is 7.62. The fourth-order valence-electron chi connectivity index (χ4n) is 0.764. The molecule has 11 heavy (non-hydrogen) atoms. The van der Waals surface area contributed by atoms with E-state index in [9.17, 15) is 0 Å². The molecule has 1 radical (unpaired) electrons. The van der Waals surface area contributed by atoms with E-state index in [0.29, 0.717) is 0 Å². The molecule has 0 amide bonds. The summed E-state index contributed by atoms with van der Waals surface area (Å²) >= 11 is 0. The molecule has 1 aromatic carbocycles. The molecule has 0 atom stereocenters. The highest BCUT2D eigenvalue weighted by molar-refractivity contribution is 5.26. The first-order valence-electron chi connectivity index (χ1n) is 3.31. The van der Waals surface area contributed by atoms with Gasteiger partial charge in [-0.25, -0.2) is 0 Å². The fourth-order valence-corrected chi connectivity index (χ4v) is 0.764. The highest BCUT2D eigenvalue weighted by atomic mass is 16.5. The Morgan fingerprint density at radius 3 is 3.18 bits per heavy atom. The van der Waals surface area contributed by atoms with Crippen LogP contribution in [0.4, 0.5) is 0 Å². The average Bonchev–Trinajstić information content (AvgIpc) is 2.01. The van der Waals surface area contributed by atoms with E-state index in [1.807, 2.05) is 19.1 Å². The average molecular weight is 146 g/mol. The smallest absolute Gasteiger partial charge is 0.174 e. The second-order valence-electron chi connectivity index (χ2n) is 2.15. The van der Waals surface area contributed by atoms with Crippen LogP contribution in [-0.2, 0) is 0 Å². The highest BCUT2D eigenvalue weighted by Crippen LogP contribution is 2.10. The molecule has 0 heterocycles. The Morgan fingerprint density at radius 1 is 1.73 bits per heavy atom. The minimum absolute atomic E-state index is 0.101. The zero-order chi connectivity index (χ0) is 8.10. The predicted octanol–water partition coefficient (Wildman–Crippen LogP) is 1.70. The van der Waals surface area contributed by atoms with E-state index in [1.54, 1.807) is 12.1 Å². The van der Waals surface area contributed by atoms with Crippen molar-refractivity contribution >= 4 is 0 Å². The first-order chi connectivity index (χ1) is 5.33. The van der Waals surface area contributed by atoms with Crippen LogP contribution in [-0.4, -0.2) is 6.61 Å². The molecule has 0 aliphatic rings. The van der Waals surface area contributed by atoms with Crippen LogP contribution in [0, 0.1) is 24.3 Å². The molecular weight excluding hydrogens is 138 g/mol. The van der Waals surface area contributed by atoms with E-state index in [-0.39, 0.29) is 6.61 Å². The zero-order valence-corrected chi connectivity index (χ0v) is 6.29. The molecular formula is C9H8NO. The molecule has 0 aliphatic heterocycles. The van der Waals surface area contributed by atoms with Crippen molar-refractivity contribution < 1.29 is 4.74 Å². The van der Waals surface area contributed by atoms with Crippen molar-refractivity contribution in [2.24, 2.45) is 0 Å². The van der Waals surface area contributed by atoms with E-state index < -0.39 is 0 Å². The van der Waals surface area contributed by atoms with Gasteiger partial charge in [-0.05, 0) is 30.7 Å². The zero-order valence-electron chi connectivity index (χ0n) is 6.29. The summed E-state index contributed by atoms with van der Waals surface area (Å²) in [6.07, 6.45) is 0. The lowest BCUT2D eigenvalue weighted by atomic mass is 10.2. The Balaban J connectivity index is 2.65. The van der Waals surface area contributed by atoms with E-state index in [2.05, 4.69) is 6.07 Å². The predicted molar refractivity (Wildman–Crippen MR) is 41.1 cm³/mol. The van der Waals surface area contributed by atoms with Gasteiger partial charge in [-0.15, -0.1) is 0 Å². The molecule has 1 rings (SSSR count). The van der Waals surface area contributed by atoms with Gasteiger partial charge in [0.15, 0.2) is 6.61 Å². The number of hydrogen-bond donors (Lipinski definition) is 0. The largest absolute Gasteiger partial charge is 0.479 e. The van der Waals surface area contributed by atoms with E-state index in [1.165, 1.54) is 0 Å². The summed E-state index contributed by atoms with van der Waals surface area (Å²) in [5.41, 5.74) is 1.01. The van der Waals surface area contributed by atoms with Crippen molar-refractivity contribution in [3.63, 3.8) is 0 Å². The third kappa shape index (κ3) is 2.30. The molecule has 0 aliphatic carbocycles. The molecule has 0 saturated heterocycles. The van der Waals surface area contributed by atoms with E-state index in [4.69, 9.17) is 10.00 Å². The number of nitrogens with zero attached hydrogens (tertiary/aromatic N) is 1. The maximum absolute atomic E-state index is 8.21. The van der Waals surface area contributed by atoms with Crippen LogP contribution in [0.3, 0.4) is 0 Å². The second-order valence-corrected chi connectivity index (χ2v) is 2.15. The third-order valence-corrected chi connectivity index (χ3v) is 1.22. The number of benzene rings is 1. The Hall–Kier alpha value is -1.49. The molecule has 0 saturated carbocycles. The number of hydrogen-bond acceptors (Lipinski definition) is 2. The Kier molecular flexibility index (Phi) is 2.51. The van der Waals surface area contributed by atoms with Crippen molar-refractivity contribution in [3.05, 3.63) is 29.8 Å². The van der Waals surface area contributed by atoms with Gasteiger partial charge in [0.25, 0.3) is 0 Å². The van der Waals surface area contributed by atoms with Crippen molar-refractivity contribution in [3.8, 4) is 11.8 Å². The molecule has 2 heteroatoms. The van der Waals surface area contributed by atoms with Crippen molar-refractivity contribution in [1.29, 1.82) is 5.26 Å². The van der Waals surface area contributed by atoms with Gasteiger partial charge in [-0.3, -0.25) is 0 Å². The summed E-state index contributed by atoms with van der Waals surface area (Å²) in [7, 11) is 0. The molecule has 2 nitrogen and oxygen atoms in total. The quantitative estimate of drug-likeness (QED) is 0.636. The molecule has 0 fully saturated rings. The van der Waals surface area contributed by atoms with Crippen LogP contribution < -0.4 is 4.74 Å². The van der Waals surface area contributed by atoms with Gasteiger partial charge in [0.2, 0.25) is 0 Å². The molecule has 1 aromatic rings. The van der Waals surface area contributed by atoms with E-state index in [0.717, 1.165) is 11.3 Å². The summed E-state index contributed by atoms with van der Waals surface area (Å²) in [6, 6.07) is 10.3. The number of ether oxygens (including phenoxy) is 1. The Morgan fingerprint density at radius 2 is 2.55 bits per heavy atom. The molecule has 55 valence electrons. The Labute approximate surface area is 66.0 Å². The van der Waals surface area contributed by atoms with Crippen molar-refractivity contribution in [2.75, 3.05) is 6.61 Å². The van der Waals surface area contributed by atoms with E-state index >= 15 is 0 Å². The summed E-state index contributed by atoms with van der Waals surface area (Å²) in [6.45, 7) is 2.03. The molecule has 0 N–H and O–H groups in total. The molecule has 0 bridgehead atoms. The topological polar surface area (TPSA) is 33.0 Å². The lowest BCUT2D eigenvalue weighted by Crippen LogP contribution is -1.92. The maximum Gasteiger partial charge on any atom is 0.174 e. The highest BCUT2D eigenvalue weighted by Gasteiger charge is 1.91. The summed E-state index contributed by atoms with van der Waals surface area (Å²) in [4.78, 5) is 0. The maximum atomic E-state index is 8.21. The van der Waals surface area contributed by atoms with Gasteiger partial charge in [-0.1, -0.05) is 6.07 Å². The minimum atomic E-state index is 0.101. The van der Waals surface area contributed by atoms with Gasteiger partial charge >= 0.3 is 0 Å². The third-order valence-electron chi connectivity index (χ3n) is 1.22. The van der Waals surface area contributed by atoms with Gasteiger partial charge < -0.3 is 4.74 Å². The van der Waals surface area contributed by atoms with Crippen LogP contribution in [0.1, 0.15) is 5.56 Å². The van der Waals surface area contributed by atoms with Gasteiger partial charge in [0.05, 0.1) is 0 Å². The number of aryl methyl sites for hydroxylation is 1. The van der Waals surface area contributed by atoms with Crippen LogP contribution in [0.2, 0.25) is 0 Å². The molecule has 0 aromatic heterocycles. The van der Waals surface area contributed by atoms with Crippen LogP contribution in [0.25, 0.3) is 0 Å². The minimum Gasteiger partial charge on any atom is -0.479 e. The number of nitriles is 1. The lowest BCUT2D eigenvalue weighted by molar-refractivity contribution is 0.368. The van der Waals surface area contributed by atoms with Crippen LogP contribution in [0.5, 0.6) is 5.75 Å². The summed E-state index contributed by atoms with van der Waals surface area (Å²) in [5, 5.41) is 8.21. The second kappa shape index (κ2) is 3.62. The summed E-state index contributed by atoms with van der Waals surface area (Å²) in [5.74, 6) is 0.725. The first-order valence-corrected chi connectivity index (χ1v) is 3.31. The van der Waals surface area contributed by atoms with Gasteiger partial charge in [0, 0.05) is 0 Å². The molecule has 0 unspecified atom stereocenters. The molecule has 0 spiro atoms. The van der Waals surface area contributed by atoms with Crippen LogP contribution in [0.15, 0.2) is 18.2 Å². The van der Waals surface area contributed by atoms with Gasteiger partial charge in [0.1, 0.15) is 11.8 Å². The van der Waals surface area contributed by atoms with Gasteiger partial charge in [-0.2, -0.15) is 5.26 Å².